The summed E-state index contributed by atoms with van der Waals surface area (Å²) < 4.78 is 29.5. The Labute approximate surface area is 253 Å². The highest BCUT2D eigenvalue weighted by Gasteiger charge is 2.33. The van der Waals surface area contributed by atoms with Crippen LogP contribution in [0.3, 0.4) is 0 Å². The van der Waals surface area contributed by atoms with Crippen molar-refractivity contribution in [3.8, 4) is 0 Å². The molecule has 0 aliphatic carbocycles. The molecule has 0 radical (unpaired) electrons. The van der Waals surface area contributed by atoms with Gasteiger partial charge in [-0.15, -0.1) is 0 Å². The first-order valence-electron chi connectivity index (χ1n) is 12.3. The maximum atomic E-state index is 14.0. The van der Waals surface area contributed by atoms with Gasteiger partial charge < -0.3 is 10.2 Å². The van der Waals surface area contributed by atoms with Gasteiger partial charge in [0.05, 0.1) is 10.6 Å². The fourth-order valence-corrected chi connectivity index (χ4v) is 6.07. The number of carbonyl (C=O) groups is 2. The number of carbonyl (C=O) groups excluding carboxylic acids is 2. The van der Waals surface area contributed by atoms with E-state index in [2.05, 4.69) is 27.9 Å². The lowest BCUT2D eigenvalue weighted by molar-refractivity contribution is -0.139. The van der Waals surface area contributed by atoms with Gasteiger partial charge in [-0.1, -0.05) is 54.4 Å². The fourth-order valence-electron chi connectivity index (χ4n) is 3.76. The Balaban J connectivity index is 2.05. The Morgan fingerprint density at radius 2 is 1.51 bits per heavy atom. The third-order valence-corrected chi connectivity index (χ3v) is 9.50. The summed E-state index contributed by atoms with van der Waals surface area (Å²) >= 11 is 14.9. The third-order valence-electron chi connectivity index (χ3n) is 6.28. The van der Waals surface area contributed by atoms with Crippen LogP contribution in [-0.4, -0.2) is 43.8 Å². The lowest BCUT2D eigenvalue weighted by atomic mass is 10.1. The molecule has 39 heavy (non-hydrogen) atoms. The smallest absolute Gasteiger partial charge is 0.264 e. The van der Waals surface area contributed by atoms with Crippen molar-refractivity contribution in [1.29, 1.82) is 0 Å². The summed E-state index contributed by atoms with van der Waals surface area (Å²) in [6.45, 7) is 4.78. The molecule has 0 fully saturated rings. The van der Waals surface area contributed by atoms with Gasteiger partial charge in [-0.05, 0) is 91.4 Å². The van der Waals surface area contributed by atoms with Gasteiger partial charge in [0.1, 0.15) is 12.6 Å². The molecule has 2 atom stereocenters. The van der Waals surface area contributed by atoms with Crippen molar-refractivity contribution in [1.82, 2.24) is 10.2 Å². The summed E-state index contributed by atoms with van der Waals surface area (Å²) in [5.74, 6) is -0.955. The van der Waals surface area contributed by atoms with E-state index in [1.165, 1.54) is 17.0 Å². The highest BCUT2D eigenvalue weighted by atomic mass is 127. The van der Waals surface area contributed by atoms with E-state index in [0.29, 0.717) is 27.7 Å². The molecule has 2 amide bonds. The van der Waals surface area contributed by atoms with Crippen LogP contribution >= 0.6 is 45.8 Å². The molecule has 0 unspecified atom stereocenters. The van der Waals surface area contributed by atoms with Crippen molar-refractivity contribution in [2.24, 2.45) is 0 Å². The normalized spacial score (nSPS) is 12.9. The highest BCUT2D eigenvalue weighted by molar-refractivity contribution is 14.1. The van der Waals surface area contributed by atoms with Crippen molar-refractivity contribution in [3.05, 3.63) is 92.0 Å². The van der Waals surface area contributed by atoms with Crippen LogP contribution in [-0.2, 0) is 26.2 Å². The molecule has 0 spiro atoms. The largest absolute Gasteiger partial charge is 0.352 e. The van der Waals surface area contributed by atoms with Gasteiger partial charge in [-0.3, -0.25) is 13.9 Å². The second-order valence-corrected chi connectivity index (χ2v) is 12.9. The summed E-state index contributed by atoms with van der Waals surface area (Å²) in [6.07, 6.45) is 0.707. The van der Waals surface area contributed by atoms with Gasteiger partial charge >= 0.3 is 0 Å². The minimum atomic E-state index is -4.12. The van der Waals surface area contributed by atoms with E-state index < -0.39 is 28.5 Å². The molecule has 3 rings (SSSR count). The highest BCUT2D eigenvalue weighted by Crippen LogP contribution is 2.28. The number of rotatable bonds is 11. The Hall–Kier alpha value is -2.34. The van der Waals surface area contributed by atoms with E-state index in [0.717, 1.165) is 7.88 Å². The van der Waals surface area contributed by atoms with E-state index >= 15 is 0 Å². The number of sulfonamides is 1. The second-order valence-electron chi connectivity index (χ2n) is 9.02. The zero-order valence-corrected chi connectivity index (χ0v) is 26.3. The summed E-state index contributed by atoms with van der Waals surface area (Å²) in [6, 6.07) is 18.6. The fraction of sp³-hybridized carbons (Fsp3) is 0.286. The Kier molecular flexibility index (Phi) is 11.1. The average Bonchev–Trinajstić information content (AvgIpc) is 2.92. The van der Waals surface area contributed by atoms with Gasteiger partial charge in [0.15, 0.2) is 0 Å². The molecular weight excluding hydrogens is 672 g/mol. The molecule has 0 aliphatic rings. The quantitative estimate of drug-likeness (QED) is 0.244. The number of amides is 2. The number of hydrogen-bond donors (Lipinski definition) is 1. The lowest BCUT2D eigenvalue weighted by Crippen LogP contribution is -2.52. The molecule has 1 N–H and O–H groups in total. The van der Waals surface area contributed by atoms with Crippen LogP contribution in [0.4, 0.5) is 5.69 Å². The molecule has 0 bridgehead atoms. The van der Waals surface area contributed by atoms with Crippen molar-refractivity contribution < 1.29 is 18.0 Å². The lowest BCUT2D eigenvalue weighted by Gasteiger charge is -2.32. The minimum absolute atomic E-state index is 0.0413. The van der Waals surface area contributed by atoms with E-state index in [1.807, 2.05) is 13.8 Å². The molecule has 3 aromatic carbocycles. The predicted octanol–water partition coefficient (Wildman–Crippen LogP) is 6.13. The van der Waals surface area contributed by atoms with E-state index in [4.69, 9.17) is 23.2 Å². The molecular formula is C28H30Cl2IN3O4S. The zero-order chi connectivity index (χ0) is 28.7. The van der Waals surface area contributed by atoms with Crippen molar-refractivity contribution in [2.75, 3.05) is 10.8 Å². The second kappa shape index (κ2) is 13.8. The zero-order valence-electron chi connectivity index (χ0n) is 21.8. The van der Waals surface area contributed by atoms with Crippen LogP contribution in [0.25, 0.3) is 0 Å². The summed E-state index contributed by atoms with van der Waals surface area (Å²) in [5, 5.41) is 3.56. The SMILES string of the molecule is CC[C@@H](C)NC(=O)[C@@H](C)N(Cc1c(Cl)cccc1Cl)C(=O)CN(c1ccc(I)cc1)S(=O)(=O)c1ccccc1. The van der Waals surface area contributed by atoms with Crippen LogP contribution < -0.4 is 9.62 Å². The maximum Gasteiger partial charge on any atom is 0.264 e. The Morgan fingerprint density at radius 1 is 0.923 bits per heavy atom. The van der Waals surface area contributed by atoms with Crippen molar-refractivity contribution in [3.63, 3.8) is 0 Å². The van der Waals surface area contributed by atoms with Crippen LogP contribution in [0.1, 0.15) is 32.8 Å². The number of benzene rings is 3. The third kappa shape index (κ3) is 7.87. The molecule has 3 aromatic rings. The average molecular weight is 702 g/mol. The van der Waals surface area contributed by atoms with Gasteiger partial charge in [0.2, 0.25) is 11.8 Å². The van der Waals surface area contributed by atoms with E-state index in [1.54, 1.807) is 67.6 Å². The van der Waals surface area contributed by atoms with Crippen molar-refractivity contribution in [2.45, 2.75) is 50.7 Å². The molecule has 208 valence electrons. The van der Waals surface area contributed by atoms with Crippen LogP contribution in [0.2, 0.25) is 10.0 Å². The predicted molar refractivity (Wildman–Crippen MR) is 165 cm³/mol. The molecule has 11 heteroatoms. The van der Waals surface area contributed by atoms with Crippen molar-refractivity contribution >= 4 is 73.3 Å². The van der Waals surface area contributed by atoms with Crippen LogP contribution in [0, 0.1) is 3.57 Å². The topological polar surface area (TPSA) is 86.8 Å². The molecule has 0 saturated carbocycles. The van der Waals surface area contributed by atoms with Crippen LogP contribution in [0.5, 0.6) is 0 Å². The monoisotopic (exact) mass is 701 g/mol. The summed E-state index contributed by atoms with van der Waals surface area (Å²) in [7, 11) is -4.12. The van der Waals surface area contributed by atoms with Crippen LogP contribution in [0.15, 0.2) is 77.7 Å². The number of nitrogens with one attached hydrogen (secondary N) is 1. The number of hydrogen-bond acceptors (Lipinski definition) is 4. The molecule has 0 aromatic heterocycles. The minimum Gasteiger partial charge on any atom is -0.352 e. The molecule has 0 heterocycles. The molecule has 0 aliphatic heterocycles. The number of halogens is 3. The van der Waals surface area contributed by atoms with E-state index in [9.17, 15) is 18.0 Å². The molecule has 7 nitrogen and oxygen atoms in total. The maximum absolute atomic E-state index is 14.0. The van der Waals surface area contributed by atoms with Gasteiger partial charge in [0.25, 0.3) is 10.0 Å². The molecule has 0 saturated heterocycles. The van der Waals surface area contributed by atoms with Gasteiger partial charge in [-0.25, -0.2) is 8.42 Å². The first kappa shape index (κ1) is 31.2. The Bertz CT molecular complexity index is 1390. The Morgan fingerprint density at radius 3 is 2.08 bits per heavy atom. The van der Waals surface area contributed by atoms with E-state index in [-0.39, 0.29) is 23.4 Å². The standard InChI is InChI=1S/C28H30Cl2IN3O4S/c1-4-19(2)32-28(36)20(3)33(17-24-25(29)11-8-12-26(24)30)27(35)18-34(22-15-13-21(31)14-16-22)39(37,38)23-9-6-5-7-10-23/h5-16,19-20H,4,17-18H2,1-3H3,(H,32,36)/t19-,20-/m1/s1. The first-order chi connectivity index (χ1) is 18.4. The van der Waals surface area contributed by atoms with Gasteiger partial charge in [-0.2, -0.15) is 0 Å². The summed E-state index contributed by atoms with van der Waals surface area (Å²) in [4.78, 5) is 28.4. The number of anilines is 1. The summed E-state index contributed by atoms with van der Waals surface area (Å²) in [5.41, 5.74) is 0.782. The number of nitrogens with zero attached hydrogens (tertiary/aromatic N) is 2. The first-order valence-corrected chi connectivity index (χ1v) is 15.6. The van der Waals surface area contributed by atoms with Gasteiger partial charge in [0, 0.05) is 31.8 Å².